The van der Waals surface area contributed by atoms with E-state index in [2.05, 4.69) is 18.9 Å². The van der Waals surface area contributed by atoms with Gasteiger partial charge in [0.25, 0.3) is 0 Å². The summed E-state index contributed by atoms with van der Waals surface area (Å²) in [6.07, 6.45) is 1.64. The SMILES string of the molecule is CCOC(=O)c1c(B2OCC(C)(C)C(C)(C)O2)cnn1C(C)C. The van der Waals surface area contributed by atoms with E-state index in [0.717, 1.165) is 0 Å². The summed E-state index contributed by atoms with van der Waals surface area (Å²) >= 11 is 0. The molecule has 0 radical (unpaired) electrons. The normalized spacial score (nSPS) is 19.9. The zero-order valence-electron chi connectivity index (χ0n) is 15.2. The summed E-state index contributed by atoms with van der Waals surface area (Å²) in [5.41, 5.74) is 0.520. The number of esters is 1. The highest BCUT2D eigenvalue weighted by atomic mass is 16.6. The summed E-state index contributed by atoms with van der Waals surface area (Å²) in [6, 6.07) is 0.0381. The monoisotopic (exact) mass is 322 g/mol. The van der Waals surface area contributed by atoms with Crippen LogP contribution in [0.15, 0.2) is 6.20 Å². The highest BCUT2D eigenvalue weighted by Gasteiger charge is 2.48. The predicted molar refractivity (Wildman–Crippen MR) is 88.9 cm³/mol. The number of carbonyl (C=O) groups is 1. The Morgan fingerprint density at radius 3 is 2.61 bits per heavy atom. The van der Waals surface area contributed by atoms with Gasteiger partial charge in [-0.25, -0.2) is 4.79 Å². The van der Waals surface area contributed by atoms with Crippen LogP contribution in [0, 0.1) is 5.41 Å². The minimum atomic E-state index is -0.620. The van der Waals surface area contributed by atoms with Gasteiger partial charge in [-0.2, -0.15) is 5.10 Å². The van der Waals surface area contributed by atoms with Crippen molar-refractivity contribution in [2.45, 2.75) is 60.1 Å². The van der Waals surface area contributed by atoms with Crippen molar-refractivity contribution in [3.05, 3.63) is 11.9 Å². The van der Waals surface area contributed by atoms with E-state index in [1.807, 2.05) is 27.7 Å². The Hall–Kier alpha value is -1.34. The van der Waals surface area contributed by atoms with Crippen molar-refractivity contribution < 1.29 is 18.8 Å². The topological polar surface area (TPSA) is 62.6 Å². The van der Waals surface area contributed by atoms with Gasteiger partial charge in [0.05, 0.1) is 12.2 Å². The second-order valence-corrected chi connectivity index (χ2v) is 7.36. The van der Waals surface area contributed by atoms with Crippen molar-refractivity contribution in [1.29, 1.82) is 0 Å². The molecule has 1 saturated heterocycles. The lowest BCUT2D eigenvalue weighted by Crippen LogP contribution is -2.58. The van der Waals surface area contributed by atoms with E-state index in [1.54, 1.807) is 17.8 Å². The van der Waals surface area contributed by atoms with Gasteiger partial charge in [-0.1, -0.05) is 13.8 Å². The second kappa shape index (κ2) is 6.28. The fraction of sp³-hybridized carbons (Fsp3) is 0.750. The maximum Gasteiger partial charge on any atom is 0.498 e. The third-order valence-electron chi connectivity index (χ3n) is 4.66. The maximum atomic E-state index is 12.4. The molecule has 0 unspecified atom stereocenters. The number of hydrogen-bond acceptors (Lipinski definition) is 5. The summed E-state index contributed by atoms with van der Waals surface area (Å²) in [5, 5.41) is 4.33. The Morgan fingerprint density at radius 2 is 2.09 bits per heavy atom. The summed E-state index contributed by atoms with van der Waals surface area (Å²) in [6.45, 7) is 14.9. The van der Waals surface area contributed by atoms with E-state index in [1.165, 1.54) is 0 Å². The molecule has 0 bridgehead atoms. The number of rotatable bonds is 4. The van der Waals surface area contributed by atoms with Gasteiger partial charge in [0.15, 0.2) is 0 Å². The Bertz CT molecular complexity index is 581. The molecule has 7 heteroatoms. The molecule has 23 heavy (non-hydrogen) atoms. The van der Waals surface area contributed by atoms with E-state index in [-0.39, 0.29) is 17.1 Å². The highest BCUT2D eigenvalue weighted by molar-refractivity contribution is 6.63. The molecule has 1 aromatic heterocycles. The smallest absolute Gasteiger partial charge is 0.461 e. The molecule has 2 rings (SSSR count). The van der Waals surface area contributed by atoms with E-state index in [9.17, 15) is 4.79 Å². The number of carbonyl (C=O) groups excluding carboxylic acids is 1. The standard InChI is InChI=1S/C16H27BN2O4/c1-8-21-14(20)13-12(9-18-19(13)11(2)3)17-22-10-15(4,5)16(6,7)23-17/h9,11H,8,10H2,1-7H3. The quantitative estimate of drug-likeness (QED) is 0.628. The fourth-order valence-corrected chi connectivity index (χ4v) is 2.42. The van der Waals surface area contributed by atoms with Gasteiger partial charge in [0.1, 0.15) is 5.69 Å². The fourth-order valence-electron chi connectivity index (χ4n) is 2.42. The van der Waals surface area contributed by atoms with Gasteiger partial charge in [-0.15, -0.1) is 0 Å². The van der Waals surface area contributed by atoms with E-state index >= 15 is 0 Å². The van der Waals surface area contributed by atoms with Crippen LogP contribution in [0.5, 0.6) is 0 Å². The molecule has 1 aliphatic heterocycles. The lowest BCUT2D eigenvalue weighted by molar-refractivity contribution is -0.0937. The Kier molecular flexibility index (Phi) is 4.92. The largest absolute Gasteiger partial charge is 0.498 e. The molecule has 0 saturated carbocycles. The third kappa shape index (κ3) is 3.31. The van der Waals surface area contributed by atoms with Gasteiger partial charge in [0, 0.05) is 29.7 Å². The molecule has 6 nitrogen and oxygen atoms in total. The number of hydrogen-bond donors (Lipinski definition) is 0. The zero-order chi connectivity index (χ0) is 17.4. The molecular formula is C16H27BN2O4. The molecule has 128 valence electrons. The van der Waals surface area contributed by atoms with Crippen LogP contribution in [0.25, 0.3) is 0 Å². The Balaban J connectivity index is 2.39. The average molecular weight is 322 g/mol. The molecule has 0 aliphatic carbocycles. The first-order valence-electron chi connectivity index (χ1n) is 8.14. The third-order valence-corrected chi connectivity index (χ3v) is 4.66. The molecule has 1 fully saturated rings. The molecule has 0 N–H and O–H groups in total. The Labute approximate surface area is 138 Å². The summed E-state index contributed by atoms with van der Waals surface area (Å²) in [4.78, 5) is 12.4. The van der Waals surface area contributed by atoms with Crippen molar-refractivity contribution in [2.24, 2.45) is 5.41 Å². The van der Waals surface area contributed by atoms with Gasteiger partial charge >= 0.3 is 13.1 Å². The van der Waals surface area contributed by atoms with Crippen LogP contribution in [-0.4, -0.2) is 41.7 Å². The van der Waals surface area contributed by atoms with Crippen LogP contribution in [0.4, 0.5) is 0 Å². The van der Waals surface area contributed by atoms with E-state index < -0.39 is 13.1 Å². The van der Waals surface area contributed by atoms with E-state index in [0.29, 0.717) is 24.4 Å². The van der Waals surface area contributed by atoms with Gasteiger partial charge < -0.3 is 14.0 Å². The van der Waals surface area contributed by atoms with Crippen LogP contribution in [0.1, 0.15) is 65.0 Å². The number of nitrogens with zero attached hydrogens (tertiary/aromatic N) is 2. The maximum absolute atomic E-state index is 12.4. The van der Waals surface area contributed by atoms with Gasteiger partial charge in [0.2, 0.25) is 0 Å². The van der Waals surface area contributed by atoms with Crippen molar-refractivity contribution in [1.82, 2.24) is 9.78 Å². The summed E-state index contributed by atoms with van der Waals surface area (Å²) in [7, 11) is -0.620. The number of ether oxygens (including phenoxy) is 1. The van der Waals surface area contributed by atoms with Gasteiger partial charge in [-0.05, 0) is 34.6 Å². The molecule has 1 aliphatic rings. The molecule has 0 amide bonds. The number of aromatic nitrogens is 2. The first kappa shape index (κ1) is 18.0. The highest BCUT2D eigenvalue weighted by Crippen LogP contribution is 2.38. The summed E-state index contributed by atoms with van der Waals surface area (Å²) in [5.74, 6) is -0.400. The van der Waals surface area contributed by atoms with Crippen molar-refractivity contribution in [3.8, 4) is 0 Å². The molecule has 0 aromatic carbocycles. The molecule has 0 spiro atoms. The lowest BCUT2D eigenvalue weighted by Gasteiger charge is -2.47. The van der Waals surface area contributed by atoms with Crippen LogP contribution in [-0.2, 0) is 14.0 Å². The molecule has 0 atom stereocenters. The van der Waals surface area contributed by atoms with Crippen LogP contribution >= 0.6 is 0 Å². The molecular weight excluding hydrogens is 295 g/mol. The first-order valence-corrected chi connectivity index (χ1v) is 8.14. The average Bonchev–Trinajstić information content (AvgIpc) is 2.87. The van der Waals surface area contributed by atoms with Crippen molar-refractivity contribution in [2.75, 3.05) is 13.2 Å². The lowest BCUT2D eigenvalue weighted by atomic mass is 9.69. The van der Waals surface area contributed by atoms with Crippen LogP contribution < -0.4 is 5.46 Å². The summed E-state index contributed by atoms with van der Waals surface area (Å²) < 4.78 is 18.9. The zero-order valence-corrected chi connectivity index (χ0v) is 15.2. The first-order chi connectivity index (χ1) is 10.6. The molecule has 2 heterocycles. The minimum Gasteiger partial charge on any atom is -0.461 e. The van der Waals surface area contributed by atoms with Crippen molar-refractivity contribution >= 4 is 18.6 Å². The second-order valence-electron chi connectivity index (χ2n) is 7.36. The molecule has 1 aromatic rings. The van der Waals surface area contributed by atoms with Gasteiger partial charge in [-0.3, -0.25) is 4.68 Å². The predicted octanol–water partition coefficient (Wildman–Crippen LogP) is 2.19. The van der Waals surface area contributed by atoms with Crippen LogP contribution in [0.2, 0.25) is 0 Å². The van der Waals surface area contributed by atoms with Crippen molar-refractivity contribution in [3.63, 3.8) is 0 Å². The van der Waals surface area contributed by atoms with Crippen LogP contribution in [0.3, 0.4) is 0 Å². The van der Waals surface area contributed by atoms with E-state index in [4.69, 9.17) is 14.0 Å². The Morgan fingerprint density at radius 1 is 1.43 bits per heavy atom. The minimum absolute atomic E-state index is 0.0381.